The van der Waals surface area contributed by atoms with Crippen molar-refractivity contribution >= 4 is 11.9 Å². The lowest BCUT2D eigenvalue weighted by atomic mass is 9.98. The predicted molar refractivity (Wildman–Crippen MR) is 96.3 cm³/mol. The van der Waals surface area contributed by atoms with Gasteiger partial charge in [-0.2, -0.15) is 30.7 Å². The number of carbonyl (C=O) groups excluding carboxylic acids is 2. The zero-order valence-corrected chi connectivity index (χ0v) is 17.4. The van der Waals surface area contributed by atoms with Gasteiger partial charge in [0.25, 0.3) is 5.91 Å². The van der Waals surface area contributed by atoms with Crippen LogP contribution in [0, 0.1) is 5.92 Å². The molecule has 0 spiro atoms. The normalized spacial score (nSPS) is 14.9. The van der Waals surface area contributed by atoms with Crippen LogP contribution in [0.15, 0.2) is 0 Å². The highest BCUT2D eigenvalue weighted by Crippen LogP contribution is 2.46. The molecule has 0 aromatic rings. The zero-order valence-electron chi connectivity index (χ0n) is 17.4. The highest BCUT2D eigenvalue weighted by atomic mass is 19.4. The molecule has 0 aromatic heterocycles. The molecule has 0 radical (unpaired) electrons. The number of carbonyl (C=O) groups is 2. The summed E-state index contributed by atoms with van der Waals surface area (Å²) in [6, 6.07) is -1.78. The maximum Gasteiger partial charge on any atom is 0.460 e. The van der Waals surface area contributed by atoms with Crippen LogP contribution >= 0.6 is 0 Å². The summed E-state index contributed by atoms with van der Waals surface area (Å²) >= 11 is 0. The van der Waals surface area contributed by atoms with E-state index in [-0.39, 0.29) is 13.0 Å². The topological polar surface area (TPSA) is 55.4 Å². The van der Waals surface area contributed by atoms with Crippen LogP contribution in [0.4, 0.5) is 30.7 Å². The molecule has 2 atom stereocenters. The number of rotatable bonds is 14. The molecular formula is C19H30F7NO3. The monoisotopic (exact) mass is 453 g/mol. The third-order valence-electron chi connectivity index (χ3n) is 4.78. The van der Waals surface area contributed by atoms with Crippen LogP contribution in [0.5, 0.6) is 0 Å². The fourth-order valence-corrected chi connectivity index (χ4v) is 2.54. The minimum Gasteiger partial charge on any atom is -0.464 e. The van der Waals surface area contributed by atoms with Gasteiger partial charge in [-0.25, -0.2) is 4.79 Å². The minimum absolute atomic E-state index is 0.0788. The quantitative estimate of drug-likeness (QED) is 0.210. The van der Waals surface area contributed by atoms with Crippen molar-refractivity contribution < 1.29 is 45.1 Å². The predicted octanol–water partition coefficient (Wildman–Crippen LogP) is 5.64. The Labute approximate surface area is 171 Å². The summed E-state index contributed by atoms with van der Waals surface area (Å²) in [6.45, 7) is 4.87. The number of hydrogen-bond acceptors (Lipinski definition) is 3. The van der Waals surface area contributed by atoms with E-state index in [1.165, 1.54) is 19.2 Å². The van der Waals surface area contributed by atoms with Crippen molar-refractivity contribution in [2.75, 3.05) is 6.61 Å². The molecule has 178 valence electrons. The maximum atomic E-state index is 13.5. The molecule has 0 saturated heterocycles. The van der Waals surface area contributed by atoms with Crippen molar-refractivity contribution in [3.8, 4) is 0 Å². The minimum atomic E-state index is -6.64. The second kappa shape index (κ2) is 12.3. The van der Waals surface area contributed by atoms with E-state index in [4.69, 9.17) is 4.74 Å². The first-order valence-electron chi connectivity index (χ1n) is 10.0. The second-order valence-corrected chi connectivity index (χ2v) is 7.27. The van der Waals surface area contributed by atoms with Gasteiger partial charge in [0.15, 0.2) is 0 Å². The Hall–Kier alpha value is -1.55. The molecule has 0 bridgehead atoms. The number of alkyl halides is 7. The van der Waals surface area contributed by atoms with Crippen molar-refractivity contribution in [3.05, 3.63) is 0 Å². The first-order chi connectivity index (χ1) is 13.7. The molecular weight excluding hydrogens is 423 g/mol. The molecule has 0 aromatic carbocycles. The van der Waals surface area contributed by atoms with Gasteiger partial charge in [0.2, 0.25) is 0 Å². The highest BCUT2D eigenvalue weighted by Gasteiger charge is 2.76. The van der Waals surface area contributed by atoms with Crippen molar-refractivity contribution in [2.45, 2.75) is 96.2 Å². The smallest absolute Gasteiger partial charge is 0.460 e. The van der Waals surface area contributed by atoms with Gasteiger partial charge in [-0.05, 0) is 12.3 Å². The average molecular weight is 453 g/mol. The Bertz CT molecular complexity index is 539. The summed E-state index contributed by atoms with van der Waals surface area (Å²) in [5, 5.41) is 1.32. The number of unbranched alkanes of at least 4 members (excludes halogenated alkanes) is 6. The highest BCUT2D eigenvalue weighted by molar-refractivity contribution is 5.89. The van der Waals surface area contributed by atoms with E-state index in [2.05, 4.69) is 6.92 Å². The summed E-state index contributed by atoms with van der Waals surface area (Å²) in [7, 11) is 0. The first-order valence-corrected chi connectivity index (χ1v) is 10.0. The number of halogens is 7. The molecule has 0 fully saturated rings. The van der Waals surface area contributed by atoms with E-state index in [0.717, 1.165) is 38.5 Å². The van der Waals surface area contributed by atoms with Gasteiger partial charge in [-0.3, -0.25) is 4.79 Å². The summed E-state index contributed by atoms with van der Waals surface area (Å²) < 4.78 is 94.8. The SMILES string of the molecule is CCCCCCCCCOC(=O)C(NC(=O)C(F)(F)C(F)(F)C(F)(F)F)C(C)CC. The van der Waals surface area contributed by atoms with Crippen LogP contribution < -0.4 is 5.32 Å². The standard InChI is InChI=1S/C19H30F7NO3/c1-4-6-7-8-9-10-11-12-30-15(28)14(13(3)5-2)27-16(29)17(20,21)18(22,23)19(24,25)26/h13-14H,4-12H2,1-3H3,(H,27,29). The van der Waals surface area contributed by atoms with E-state index in [1.807, 2.05) is 0 Å². The lowest BCUT2D eigenvalue weighted by Gasteiger charge is -2.29. The molecule has 0 heterocycles. The van der Waals surface area contributed by atoms with E-state index in [1.54, 1.807) is 0 Å². The van der Waals surface area contributed by atoms with Gasteiger partial charge in [0.1, 0.15) is 6.04 Å². The number of hydrogen-bond donors (Lipinski definition) is 1. The van der Waals surface area contributed by atoms with Crippen LogP contribution in [-0.4, -0.2) is 42.5 Å². The molecule has 2 unspecified atom stereocenters. The molecule has 0 aliphatic rings. The van der Waals surface area contributed by atoms with Crippen molar-refractivity contribution in [3.63, 3.8) is 0 Å². The first kappa shape index (κ1) is 28.5. The Kier molecular flexibility index (Phi) is 11.7. The molecule has 0 rings (SSSR count). The Morgan fingerprint density at radius 1 is 0.867 bits per heavy atom. The summed E-state index contributed by atoms with van der Waals surface area (Å²) in [4.78, 5) is 23.7. The van der Waals surface area contributed by atoms with Crippen LogP contribution in [0.1, 0.15) is 72.1 Å². The summed E-state index contributed by atoms with van der Waals surface area (Å²) in [5.41, 5.74) is 0. The number of ether oxygens (including phenoxy) is 1. The molecule has 11 heteroatoms. The van der Waals surface area contributed by atoms with Gasteiger partial charge in [-0.1, -0.05) is 65.7 Å². The average Bonchev–Trinajstić information content (AvgIpc) is 2.65. The van der Waals surface area contributed by atoms with Crippen molar-refractivity contribution in [1.29, 1.82) is 0 Å². The lowest BCUT2D eigenvalue weighted by Crippen LogP contribution is -2.62. The fraction of sp³-hybridized carbons (Fsp3) is 0.895. The van der Waals surface area contributed by atoms with Crippen LogP contribution in [0.25, 0.3) is 0 Å². The molecule has 30 heavy (non-hydrogen) atoms. The van der Waals surface area contributed by atoms with E-state index in [0.29, 0.717) is 6.42 Å². The number of esters is 1. The molecule has 1 N–H and O–H groups in total. The zero-order chi connectivity index (χ0) is 23.6. The summed E-state index contributed by atoms with van der Waals surface area (Å²) in [6.07, 6.45) is -0.0744. The van der Waals surface area contributed by atoms with Crippen LogP contribution in [0.3, 0.4) is 0 Å². The maximum absolute atomic E-state index is 13.5. The third kappa shape index (κ3) is 7.94. The Balaban J connectivity index is 4.89. The number of nitrogens with one attached hydrogen (secondary N) is 1. The van der Waals surface area contributed by atoms with Crippen molar-refractivity contribution in [2.24, 2.45) is 5.92 Å². The Morgan fingerprint density at radius 2 is 1.37 bits per heavy atom. The van der Waals surface area contributed by atoms with E-state index >= 15 is 0 Å². The largest absolute Gasteiger partial charge is 0.464 e. The van der Waals surface area contributed by atoms with E-state index < -0.39 is 41.9 Å². The van der Waals surface area contributed by atoms with Gasteiger partial charge in [0, 0.05) is 0 Å². The molecule has 0 aliphatic carbocycles. The Morgan fingerprint density at radius 3 is 1.83 bits per heavy atom. The van der Waals surface area contributed by atoms with Crippen molar-refractivity contribution in [1.82, 2.24) is 5.32 Å². The molecule has 0 saturated carbocycles. The van der Waals surface area contributed by atoms with Gasteiger partial charge < -0.3 is 10.1 Å². The second-order valence-electron chi connectivity index (χ2n) is 7.27. The van der Waals surface area contributed by atoms with Crippen LogP contribution in [0.2, 0.25) is 0 Å². The van der Waals surface area contributed by atoms with Crippen LogP contribution in [-0.2, 0) is 14.3 Å². The fourth-order valence-electron chi connectivity index (χ4n) is 2.54. The lowest BCUT2D eigenvalue weighted by molar-refractivity contribution is -0.344. The van der Waals surface area contributed by atoms with Gasteiger partial charge in [-0.15, -0.1) is 0 Å². The molecule has 4 nitrogen and oxygen atoms in total. The third-order valence-corrected chi connectivity index (χ3v) is 4.78. The van der Waals surface area contributed by atoms with Gasteiger partial charge >= 0.3 is 24.0 Å². The van der Waals surface area contributed by atoms with E-state index in [9.17, 15) is 40.3 Å². The number of amides is 1. The molecule has 0 aliphatic heterocycles. The molecule has 1 amide bonds. The van der Waals surface area contributed by atoms with Gasteiger partial charge in [0.05, 0.1) is 6.61 Å². The summed E-state index contributed by atoms with van der Waals surface area (Å²) in [5.74, 6) is -17.6.